The van der Waals surface area contributed by atoms with Crippen LogP contribution in [-0.2, 0) is 14.3 Å². The van der Waals surface area contributed by atoms with Crippen molar-refractivity contribution in [2.75, 3.05) is 12.3 Å². The van der Waals surface area contributed by atoms with Gasteiger partial charge in [-0.15, -0.1) is 6.58 Å². The molecule has 0 aromatic carbocycles. The molecule has 6 nitrogen and oxygen atoms in total. The molecule has 1 atom stereocenters. The Morgan fingerprint density at radius 1 is 1.43 bits per heavy atom. The maximum atomic E-state index is 11.7. The maximum absolute atomic E-state index is 11.7. The minimum Gasteiger partial charge on any atom is -0.452 e. The molecule has 1 rings (SSSR count). The van der Waals surface area contributed by atoms with E-state index in [1.165, 1.54) is 18.7 Å². The molecule has 1 N–H and O–H groups in total. The largest absolute Gasteiger partial charge is 0.452 e. The van der Waals surface area contributed by atoms with Gasteiger partial charge in [-0.3, -0.25) is 9.59 Å². The highest BCUT2D eigenvalue weighted by atomic mass is 32.2. The Labute approximate surface area is 128 Å². The Balaban J connectivity index is 2.43. The molecule has 1 amide bonds. The molecule has 1 aromatic rings. The van der Waals surface area contributed by atoms with E-state index in [2.05, 4.69) is 21.9 Å². The molecule has 1 heterocycles. The molecule has 0 fully saturated rings. The number of nitrogens with zero attached hydrogens (tertiary/aromatic N) is 2. The zero-order valence-electron chi connectivity index (χ0n) is 12.4. The van der Waals surface area contributed by atoms with Crippen LogP contribution in [0.5, 0.6) is 0 Å². The summed E-state index contributed by atoms with van der Waals surface area (Å²) in [5.41, 5.74) is 1.69. The lowest BCUT2D eigenvalue weighted by atomic mass is 10.3. The van der Waals surface area contributed by atoms with Crippen LogP contribution in [0.4, 0.5) is 0 Å². The lowest BCUT2D eigenvalue weighted by Crippen LogP contribution is -2.36. The molecule has 114 valence electrons. The monoisotopic (exact) mass is 309 g/mol. The molecule has 0 aliphatic rings. The standard InChI is InChI=1S/C14H19N3O3S/c1-5-6-15-13(19)11(4)20-12(18)8-21-14-16-9(2)7-10(3)17-14/h5,7,11H,1,6,8H2,2-4H3,(H,15,19). The van der Waals surface area contributed by atoms with Crippen molar-refractivity contribution in [1.82, 2.24) is 15.3 Å². The van der Waals surface area contributed by atoms with Crippen LogP contribution in [0, 0.1) is 13.8 Å². The van der Waals surface area contributed by atoms with Crippen molar-refractivity contribution in [1.29, 1.82) is 0 Å². The van der Waals surface area contributed by atoms with E-state index in [-0.39, 0.29) is 11.7 Å². The van der Waals surface area contributed by atoms with Gasteiger partial charge in [0.1, 0.15) is 0 Å². The number of carbonyl (C=O) groups is 2. The van der Waals surface area contributed by atoms with Crippen LogP contribution in [0.3, 0.4) is 0 Å². The molecule has 7 heteroatoms. The fourth-order valence-corrected chi connectivity index (χ4v) is 2.21. The van der Waals surface area contributed by atoms with Crippen LogP contribution in [0.1, 0.15) is 18.3 Å². The first-order valence-electron chi connectivity index (χ1n) is 6.45. The van der Waals surface area contributed by atoms with E-state index in [0.717, 1.165) is 11.4 Å². The molecule has 21 heavy (non-hydrogen) atoms. The van der Waals surface area contributed by atoms with Gasteiger partial charge in [0.15, 0.2) is 11.3 Å². The number of rotatable bonds is 7. The van der Waals surface area contributed by atoms with Gasteiger partial charge >= 0.3 is 5.97 Å². The number of hydrogen-bond acceptors (Lipinski definition) is 6. The average Bonchev–Trinajstić information content (AvgIpc) is 2.41. The fourth-order valence-electron chi connectivity index (χ4n) is 1.48. The summed E-state index contributed by atoms with van der Waals surface area (Å²) in [7, 11) is 0. The molecule has 0 aliphatic carbocycles. The predicted molar refractivity (Wildman–Crippen MR) is 81.0 cm³/mol. The summed E-state index contributed by atoms with van der Waals surface area (Å²) in [5, 5.41) is 3.08. The van der Waals surface area contributed by atoms with Crippen molar-refractivity contribution in [3.63, 3.8) is 0 Å². The highest BCUT2D eigenvalue weighted by molar-refractivity contribution is 7.99. The van der Waals surface area contributed by atoms with Gasteiger partial charge in [0, 0.05) is 17.9 Å². The number of nitrogens with one attached hydrogen (secondary N) is 1. The lowest BCUT2D eigenvalue weighted by Gasteiger charge is -2.12. The zero-order valence-corrected chi connectivity index (χ0v) is 13.2. The van der Waals surface area contributed by atoms with E-state index in [1.54, 1.807) is 6.08 Å². The number of aryl methyl sites for hydroxylation is 2. The third kappa shape index (κ3) is 6.40. The van der Waals surface area contributed by atoms with E-state index in [4.69, 9.17) is 4.74 Å². The van der Waals surface area contributed by atoms with Crippen molar-refractivity contribution in [3.8, 4) is 0 Å². The van der Waals surface area contributed by atoms with Crippen molar-refractivity contribution in [2.45, 2.75) is 32.0 Å². The molecule has 0 saturated carbocycles. The second-order valence-electron chi connectivity index (χ2n) is 4.39. The number of hydrogen-bond donors (Lipinski definition) is 1. The van der Waals surface area contributed by atoms with Gasteiger partial charge in [-0.25, -0.2) is 9.97 Å². The third-order valence-electron chi connectivity index (χ3n) is 2.38. The van der Waals surface area contributed by atoms with Crippen molar-refractivity contribution < 1.29 is 14.3 Å². The molecule has 0 aliphatic heterocycles. The second kappa shape index (κ2) is 8.41. The van der Waals surface area contributed by atoms with Crippen LogP contribution >= 0.6 is 11.8 Å². The van der Waals surface area contributed by atoms with Gasteiger partial charge in [-0.05, 0) is 26.8 Å². The topological polar surface area (TPSA) is 81.2 Å². The number of carbonyl (C=O) groups excluding carboxylic acids is 2. The number of amides is 1. The summed E-state index contributed by atoms with van der Waals surface area (Å²) in [4.78, 5) is 31.6. The molecule has 1 aromatic heterocycles. The van der Waals surface area contributed by atoms with E-state index in [0.29, 0.717) is 11.7 Å². The Hall–Kier alpha value is -1.89. The van der Waals surface area contributed by atoms with E-state index in [9.17, 15) is 9.59 Å². The summed E-state index contributed by atoms with van der Waals surface area (Å²) < 4.78 is 5.03. The highest BCUT2D eigenvalue weighted by Gasteiger charge is 2.17. The SMILES string of the molecule is C=CCNC(=O)C(C)OC(=O)CSc1nc(C)cc(C)n1. The number of ether oxygens (including phenoxy) is 1. The summed E-state index contributed by atoms with van der Waals surface area (Å²) in [6.07, 6.45) is 0.720. The quantitative estimate of drug-likeness (QED) is 0.355. The Morgan fingerprint density at radius 2 is 2.05 bits per heavy atom. The smallest absolute Gasteiger partial charge is 0.317 e. The van der Waals surface area contributed by atoms with E-state index >= 15 is 0 Å². The van der Waals surface area contributed by atoms with E-state index < -0.39 is 12.1 Å². The van der Waals surface area contributed by atoms with Crippen LogP contribution in [0.25, 0.3) is 0 Å². The van der Waals surface area contributed by atoms with Crippen LogP contribution in [0.2, 0.25) is 0 Å². The van der Waals surface area contributed by atoms with E-state index in [1.807, 2.05) is 19.9 Å². The minimum absolute atomic E-state index is 0.0575. The minimum atomic E-state index is -0.835. The second-order valence-corrected chi connectivity index (χ2v) is 5.33. The Kier molecular flexibility index (Phi) is 6.87. The van der Waals surface area contributed by atoms with Gasteiger partial charge in [-0.1, -0.05) is 17.8 Å². The summed E-state index contributed by atoms with van der Waals surface area (Å²) >= 11 is 1.18. The van der Waals surface area contributed by atoms with Crippen LogP contribution < -0.4 is 5.32 Å². The Morgan fingerprint density at radius 3 is 2.62 bits per heavy atom. The van der Waals surface area contributed by atoms with Crippen LogP contribution in [-0.4, -0.2) is 40.2 Å². The number of thioether (sulfide) groups is 1. The molecular formula is C14H19N3O3S. The number of esters is 1. The first-order chi connectivity index (χ1) is 9.92. The zero-order chi connectivity index (χ0) is 15.8. The molecule has 0 saturated heterocycles. The van der Waals surface area contributed by atoms with Crippen molar-refractivity contribution >= 4 is 23.6 Å². The molecule has 1 unspecified atom stereocenters. The fraction of sp³-hybridized carbons (Fsp3) is 0.429. The first kappa shape index (κ1) is 17.2. The summed E-state index contributed by atoms with van der Waals surface area (Å²) in [6.45, 7) is 9.08. The highest BCUT2D eigenvalue weighted by Crippen LogP contribution is 2.14. The van der Waals surface area contributed by atoms with Gasteiger partial charge in [0.25, 0.3) is 5.91 Å². The average molecular weight is 309 g/mol. The normalized spacial score (nSPS) is 11.6. The maximum Gasteiger partial charge on any atom is 0.317 e. The lowest BCUT2D eigenvalue weighted by molar-refractivity contribution is -0.152. The summed E-state index contributed by atoms with van der Waals surface area (Å²) in [5.74, 6) is -0.776. The number of aromatic nitrogens is 2. The summed E-state index contributed by atoms with van der Waals surface area (Å²) in [6, 6.07) is 1.86. The molecule has 0 radical (unpaired) electrons. The van der Waals surface area contributed by atoms with Gasteiger partial charge in [0.05, 0.1) is 5.75 Å². The van der Waals surface area contributed by atoms with Gasteiger partial charge < -0.3 is 10.1 Å². The molecular weight excluding hydrogens is 290 g/mol. The third-order valence-corrected chi connectivity index (χ3v) is 3.20. The van der Waals surface area contributed by atoms with Crippen molar-refractivity contribution in [3.05, 3.63) is 30.1 Å². The molecule has 0 bridgehead atoms. The van der Waals surface area contributed by atoms with Gasteiger partial charge in [-0.2, -0.15) is 0 Å². The van der Waals surface area contributed by atoms with Gasteiger partial charge in [0.2, 0.25) is 0 Å². The van der Waals surface area contributed by atoms with Crippen molar-refractivity contribution in [2.24, 2.45) is 0 Å². The van der Waals surface area contributed by atoms with Crippen LogP contribution in [0.15, 0.2) is 23.9 Å². The Bertz CT molecular complexity index is 514. The molecule has 0 spiro atoms. The first-order valence-corrected chi connectivity index (χ1v) is 7.44. The predicted octanol–water partition coefficient (Wildman–Crippen LogP) is 1.42.